The van der Waals surface area contributed by atoms with Crippen LogP contribution in [0.5, 0.6) is 0 Å². The van der Waals surface area contributed by atoms with E-state index in [0.29, 0.717) is 5.69 Å². The van der Waals surface area contributed by atoms with E-state index in [-0.39, 0.29) is 12.3 Å². The van der Waals surface area contributed by atoms with Crippen molar-refractivity contribution in [3.63, 3.8) is 0 Å². The van der Waals surface area contributed by atoms with E-state index in [1.165, 1.54) is 11.3 Å². The number of esters is 1. The molecule has 0 radical (unpaired) electrons. The van der Waals surface area contributed by atoms with Crippen molar-refractivity contribution in [2.24, 2.45) is 0 Å². The molecule has 0 atom stereocenters. The predicted molar refractivity (Wildman–Crippen MR) is 116 cm³/mol. The van der Waals surface area contributed by atoms with Crippen LogP contribution in [0.25, 0.3) is 21.0 Å². The van der Waals surface area contributed by atoms with E-state index in [2.05, 4.69) is 10.3 Å². The van der Waals surface area contributed by atoms with Crippen LogP contribution in [0.3, 0.4) is 0 Å². The monoisotopic (exact) mass is 420 g/mol. The van der Waals surface area contributed by atoms with Crippen LogP contribution >= 0.6 is 22.7 Å². The van der Waals surface area contributed by atoms with Crippen LogP contribution in [0.2, 0.25) is 0 Å². The molecule has 7 heteroatoms. The standard InChI is InChI=1S/C22H16N2O3S2/c25-20(23-17-10-8-16(9-11-17)15-5-2-1-3-6-15)13-27-22(26)18-14-29-21(24-18)19-7-4-12-28-19/h1-12,14H,13H2,(H,23,25). The number of anilines is 1. The number of carbonyl (C=O) groups excluding carboxylic acids is 2. The lowest BCUT2D eigenvalue weighted by atomic mass is 10.1. The third kappa shape index (κ3) is 4.77. The van der Waals surface area contributed by atoms with Crippen molar-refractivity contribution in [3.05, 3.63) is 83.2 Å². The maximum atomic E-state index is 12.1. The zero-order chi connectivity index (χ0) is 20.1. The van der Waals surface area contributed by atoms with Crippen LogP contribution < -0.4 is 5.32 Å². The number of aromatic nitrogens is 1. The van der Waals surface area contributed by atoms with Crippen LogP contribution in [0.15, 0.2) is 77.5 Å². The summed E-state index contributed by atoms with van der Waals surface area (Å²) in [5.74, 6) is -1.02. The Bertz CT molecular complexity index is 1100. The summed E-state index contributed by atoms with van der Waals surface area (Å²) in [6.07, 6.45) is 0. The molecule has 144 valence electrons. The Morgan fingerprint density at radius 3 is 2.38 bits per heavy atom. The molecule has 4 aromatic rings. The molecule has 0 aliphatic heterocycles. The maximum absolute atomic E-state index is 12.1. The summed E-state index contributed by atoms with van der Waals surface area (Å²) in [7, 11) is 0. The molecule has 0 bridgehead atoms. The minimum Gasteiger partial charge on any atom is -0.451 e. The molecule has 0 spiro atoms. The topological polar surface area (TPSA) is 68.3 Å². The Morgan fingerprint density at radius 1 is 0.897 bits per heavy atom. The Morgan fingerprint density at radius 2 is 1.66 bits per heavy atom. The second-order valence-electron chi connectivity index (χ2n) is 6.08. The van der Waals surface area contributed by atoms with Crippen LogP contribution in [0, 0.1) is 0 Å². The lowest BCUT2D eigenvalue weighted by Gasteiger charge is -2.07. The van der Waals surface area contributed by atoms with Gasteiger partial charge in [-0.3, -0.25) is 4.79 Å². The number of hydrogen-bond acceptors (Lipinski definition) is 6. The van der Waals surface area contributed by atoms with Crippen molar-refractivity contribution in [1.29, 1.82) is 0 Å². The van der Waals surface area contributed by atoms with Gasteiger partial charge in [0.25, 0.3) is 5.91 Å². The molecule has 4 rings (SSSR count). The van der Waals surface area contributed by atoms with Gasteiger partial charge in [0.15, 0.2) is 12.3 Å². The second-order valence-corrected chi connectivity index (χ2v) is 7.89. The van der Waals surface area contributed by atoms with E-state index in [4.69, 9.17) is 4.74 Å². The Kier molecular flexibility index (Phi) is 5.79. The highest BCUT2D eigenvalue weighted by Gasteiger charge is 2.15. The first-order chi connectivity index (χ1) is 14.2. The average Bonchev–Trinajstić information content (AvgIpc) is 3.45. The van der Waals surface area contributed by atoms with Crippen molar-refractivity contribution in [2.75, 3.05) is 11.9 Å². The van der Waals surface area contributed by atoms with Gasteiger partial charge in [-0.25, -0.2) is 9.78 Å². The summed E-state index contributed by atoms with van der Waals surface area (Å²) in [6, 6.07) is 21.3. The number of rotatable bonds is 6. The van der Waals surface area contributed by atoms with Crippen molar-refractivity contribution < 1.29 is 14.3 Å². The molecule has 1 amide bonds. The SMILES string of the molecule is O=C(COC(=O)c1csc(-c2cccs2)n1)Nc1ccc(-c2ccccc2)cc1. The third-order valence-electron chi connectivity index (χ3n) is 4.06. The van der Waals surface area contributed by atoms with Crippen molar-refractivity contribution in [2.45, 2.75) is 0 Å². The van der Waals surface area contributed by atoms with Gasteiger partial charge in [-0.1, -0.05) is 48.5 Å². The third-order valence-corrected chi connectivity index (χ3v) is 5.94. The highest BCUT2D eigenvalue weighted by atomic mass is 32.1. The fourth-order valence-electron chi connectivity index (χ4n) is 2.66. The number of thiazole rings is 1. The molecule has 2 aromatic heterocycles. The van der Waals surface area contributed by atoms with Gasteiger partial charge in [0, 0.05) is 11.1 Å². The number of amides is 1. The number of carbonyl (C=O) groups is 2. The van der Waals surface area contributed by atoms with Gasteiger partial charge in [0.05, 0.1) is 4.88 Å². The second kappa shape index (κ2) is 8.81. The molecule has 0 saturated carbocycles. The summed E-state index contributed by atoms with van der Waals surface area (Å²) in [4.78, 5) is 29.5. The van der Waals surface area contributed by atoms with Crippen LogP contribution in [-0.4, -0.2) is 23.5 Å². The number of thiophene rings is 1. The summed E-state index contributed by atoms with van der Waals surface area (Å²) in [5, 5.41) is 7.07. The molecule has 0 fully saturated rings. The molecule has 2 aromatic carbocycles. The van der Waals surface area contributed by atoms with E-state index in [1.807, 2.05) is 72.1 Å². The van der Waals surface area contributed by atoms with E-state index >= 15 is 0 Å². The number of benzene rings is 2. The van der Waals surface area contributed by atoms with Crippen molar-refractivity contribution in [3.8, 4) is 21.0 Å². The van der Waals surface area contributed by atoms with Gasteiger partial charge in [-0.05, 0) is 34.7 Å². The van der Waals surface area contributed by atoms with Crippen LogP contribution in [0.1, 0.15) is 10.5 Å². The van der Waals surface area contributed by atoms with Crippen LogP contribution in [-0.2, 0) is 9.53 Å². The van der Waals surface area contributed by atoms with Gasteiger partial charge in [0.2, 0.25) is 0 Å². The molecular formula is C22H16N2O3S2. The zero-order valence-electron chi connectivity index (χ0n) is 15.2. The van der Waals surface area contributed by atoms with Gasteiger partial charge < -0.3 is 10.1 Å². The lowest BCUT2D eigenvalue weighted by Crippen LogP contribution is -2.21. The average molecular weight is 421 g/mol. The number of nitrogens with one attached hydrogen (secondary N) is 1. The summed E-state index contributed by atoms with van der Waals surface area (Å²) in [5.41, 5.74) is 3.00. The minimum absolute atomic E-state index is 0.207. The Labute approximate surface area is 175 Å². The Hall–Kier alpha value is -3.29. The van der Waals surface area contributed by atoms with Crippen molar-refractivity contribution in [1.82, 2.24) is 4.98 Å². The number of ether oxygens (including phenoxy) is 1. The summed E-state index contributed by atoms with van der Waals surface area (Å²) >= 11 is 2.92. The normalized spacial score (nSPS) is 10.5. The van der Waals surface area contributed by atoms with Crippen molar-refractivity contribution >= 4 is 40.2 Å². The molecule has 0 aliphatic rings. The molecule has 0 aliphatic carbocycles. The highest BCUT2D eigenvalue weighted by Crippen LogP contribution is 2.28. The first-order valence-electron chi connectivity index (χ1n) is 8.81. The van der Waals surface area contributed by atoms with E-state index < -0.39 is 11.9 Å². The fraction of sp³-hybridized carbons (Fsp3) is 0.0455. The molecule has 5 nitrogen and oxygen atoms in total. The van der Waals surface area contributed by atoms with E-state index in [1.54, 1.807) is 16.7 Å². The first kappa shape index (κ1) is 19.0. The molecular weight excluding hydrogens is 404 g/mol. The molecule has 0 saturated heterocycles. The first-order valence-corrected chi connectivity index (χ1v) is 10.6. The van der Waals surface area contributed by atoms with E-state index in [9.17, 15) is 9.59 Å². The van der Waals surface area contributed by atoms with Gasteiger partial charge in [-0.15, -0.1) is 22.7 Å². The molecule has 2 heterocycles. The Balaban J connectivity index is 1.30. The minimum atomic E-state index is -0.612. The molecule has 29 heavy (non-hydrogen) atoms. The number of hydrogen-bond donors (Lipinski definition) is 1. The van der Waals surface area contributed by atoms with E-state index in [0.717, 1.165) is 21.0 Å². The molecule has 1 N–H and O–H groups in total. The predicted octanol–water partition coefficient (Wildman–Crippen LogP) is 5.33. The fourth-order valence-corrected chi connectivity index (χ4v) is 4.26. The van der Waals surface area contributed by atoms with Crippen LogP contribution in [0.4, 0.5) is 5.69 Å². The van der Waals surface area contributed by atoms with Gasteiger partial charge >= 0.3 is 5.97 Å². The smallest absolute Gasteiger partial charge is 0.358 e. The van der Waals surface area contributed by atoms with Gasteiger partial charge in [-0.2, -0.15) is 0 Å². The van der Waals surface area contributed by atoms with Gasteiger partial charge in [0.1, 0.15) is 5.01 Å². The largest absolute Gasteiger partial charge is 0.451 e. The quantitative estimate of drug-likeness (QED) is 0.428. The summed E-state index contributed by atoms with van der Waals surface area (Å²) in [6.45, 7) is -0.370. The lowest BCUT2D eigenvalue weighted by molar-refractivity contribution is -0.119. The zero-order valence-corrected chi connectivity index (χ0v) is 16.8. The molecule has 0 unspecified atom stereocenters. The number of nitrogens with zero attached hydrogens (tertiary/aromatic N) is 1. The maximum Gasteiger partial charge on any atom is 0.358 e. The summed E-state index contributed by atoms with van der Waals surface area (Å²) < 4.78 is 5.08. The highest BCUT2D eigenvalue weighted by molar-refractivity contribution is 7.20.